The molecule has 0 fully saturated rings. The van der Waals surface area contributed by atoms with Gasteiger partial charge in [0.1, 0.15) is 17.3 Å². The van der Waals surface area contributed by atoms with Crippen LogP contribution < -0.4 is 14.8 Å². The highest BCUT2D eigenvalue weighted by atomic mass is 32.2. The second-order valence-electron chi connectivity index (χ2n) is 6.72. The van der Waals surface area contributed by atoms with E-state index in [1.54, 1.807) is 30.0 Å². The van der Waals surface area contributed by atoms with Gasteiger partial charge in [0, 0.05) is 22.4 Å². The summed E-state index contributed by atoms with van der Waals surface area (Å²) in [5.41, 5.74) is 3.83. The number of anilines is 1. The minimum atomic E-state index is -1.01. The molecule has 0 aliphatic carbocycles. The summed E-state index contributed by atoms with van der Waals surface area (Å²) in [6.45, 7) is 1.98. The van der Waals surface area contributed by atoms with Crippen LogP contribution in [0.3, 0.4) is 0 Å². The van der Waals surface area contributed by atoms with Gasteiger partial charge in [-0.25, -0.2) is 4.68 Å². The van der Waals surface area contributed by atoms with Crippen molar-refractivity contribution in [1.82, 2.24) is 9.78 Å². The lowest BCUT2D eigenvalue weighted by molar-refractivity contribution is 0.102. The maximum absolute atomic E-state index is 13.1. The van der Waals surface area contributed by atoms with E-state index in [-0.39, 0.29) is 5.91 Å². The van der Waals surface area contributed by atoms with E-state index in [9.17, 15) is 9.00 Å². The molecule has 29 heavy (non-hydrogen) atoms. The van der Waals surface area contributed by atoms with Crippen molar-refractivity contribution in [2.45, 2.75) is 18.4 Å². The molecule has 0 saturated heterocycles. The third-order valence-electron chi connectivity index (χ3n) is 4.90. The largest absolute Gasteiger partial charge is 0.497 e. The molecule has 8 heteroatoms. The summed E-state index contributed by atoms with van der Waals surface area (Å²) in [5, 5.41) is 7.62. The van der Waals surface area contributed by atoms with E-state index >= 15 is 0 Å². The molecule has 2 heterocycles. The van der Waals surface area contributed by atoms with Crippen molar-refractivity contribution in [2.75, 3.05) is 19.5 Å². The highest BCUT2D eigenvalue weighted by molar-refractivity contribution is 7.83. The molecular formula is C21H21N3O4S. The second kappa shape index (κ2) is 7.71. The number of para-hydroxylation sites is 1. The van der Waals surface area contributed by atoms with Crippen molar-refractivity contribution in [3.63, 3.8) is 0 Å². The van der Waals surface area contributed by atoms with Gasteiger partial charge in [0.2, 0.25) is 0 Å². The Hall–Kier alpha value is -3.13. The average Bonchev–Trinajstić information content (AvgIpc) is 3.24. The summed E-state index contributed by atoms with van der Waals surface area (Å²) >= 11 is 0. The zero-order valence-electron chi connectivity index (χ0n) is 16.4. The number of nitrogens with zero attached hydrogens (tertiary/aromatic N) is 2. The van der Waals surface area contributed by atoms with Crippen LogP contribution in [0.2, 0.25) is 0 Å². The van der Waals surface area contributed by atoms with E-state index in [2.05, 4.69) is 10.4 Å². The maximum atomic E-state index is 13.1. The number of aryl methyl sites for hydroxylation is 1. The fraction of sp³-hybridized carbons (Fsp3) is 0.238. The van der Waals surface area contributed by atoms with Gasteiger partial charge < -0.3 is 14.8 Å². The zero-order chi connectivity index (χ0) is 20.5. The maximum Gasteiger partial charge on any atom is 0.260 e. The Morgan fingerprint density at radius 3 is 2.66 bits per heavy atom. The van der Waals surface area contributed by atoms with Crippen LogP contribution in [0.1, 0.15) is 27.2 Å². The van der Waals surface area contributed by atoms with E-state index in [0.29, 0.717) is 34.4 Å². The molecular weight excluding hydrogens is 390 g/mol. The molecule has 0 bridgehead atoms. The number of hydrogen-bond donors (Lipinski definition) is 1. The summed E-state index contributed by atoms with van der Waals surface area (Å²) < 4.78 is 24.4. The number of nitrogens with one attached hydrogen (secondary N) is 1. The molecule has 4 rings (SSSR count). The number of rotatable bonds is 5. The first kappa shape index (κ1) is 19.2. The number of methoxy groups -OCH3 is 2. The van der Waals surface area contributed by atoms with Crippen molar-refractivity contribution in [3.8, 4) is 17.2 Å². The third kappa shape index (κ3) is 3.51. The first-order chi connectivity index (χ1) is 14.0. The molecule has 0 radical (unpaired) electrons. The molecule has 150 valence electrons. The molecule has 1 amide bonds. The Balaban J connectivity index is 1.77. The van der Waals surface area contributed by atoms with Gasteiger partial charge in [0.15, 0.2) is 0 Å². The van der Waals surface area contributed by atoms with Crippen molar-refractivity contribution < 1.29 is 18.5 Å². The predicted molar refractivity (Wildman–Crippen MR) is 111 cm³/mol. The first-order valence-corrected chi connectivity index (χ1v) is 10.6. The van der Waals surface area contributed by atoms with Gasteiger partial charge in [0.05, 0.1) is 42.7 Å². The predicted octanol–water partition coefficient (Wildman–Crippen LogP) is 3.21. The summed E-state index contributed by atoms with van der Waals surface area (Å²) in [6.07, 6.45) is 0. The lowest BCUT2D eigenvalue weighted by Crippen LogP contribution is -2.17. The van der Waals surface area contributed by atoms with Crippen LogP contribution in [0.5, 0.6) is 11.5 Å². The van der Waals surface area contributed by atoms with Gasteiger partial charge in [-0.05, 0) is 30.7 Å². The smallest absolute Gasteiger partial charge is 0.260 e. The van der Waals surface area contributed by atoms with Crippen LogP contribution in [-0.4, -0.2) is 34.1 Å². The minimum absolute atomic E-state index is 0.334. The molecule has 1 atom stereocenters. The highest BCUT2D eigenvalue weighted by Crippen LogP contribution is 2.33. The number of carbonyl (C=O) groups excluding carboxylic acids is 1. The van der Waals surface area contributed by atoms with E-state index in [4.69, 9.17) is 9.47 Å². The van der Waals surface area contributed by atoms with Gasteiger partial charge in [0.25, 0.3) is 5.91 Å². The molecule has 1 aliphatic heterocycles. The Bertz CT molecular complexity index is 1120. The Morgan fingerprint density at radius 2 is 1.93 bits per heavy atom. The second-order valence-corrected chi connectivity index (χ2v) is 8.18. The molecule has 3 aromatic rings. The van der Waals surface area contributed by atoms with Gasteiger partial charge in [-0.2, -0.15) is 5.10 Å². The number of carbonyl (C=O) groups is 1. The normalized spacial score (nSPS) is 15.1. The van der Waals surface area contributed by atoms with E-state index in [1.165, 1.54) is 7.11 Å². The number of ether oxygens (including phenoxy) is 2. The topological polar surface area (TPSA) is 82.5 Å². The Morgan fingerprint density at radius 1 is 1.14 bits per heavy atom. The lowest BCUT2D eigenvalue weighted by atomic mass is 10.1. The molecule has 1 N–H and O–H groups in total. The number of amides is 1. The monoisotopic (exact) mass is 411 g/mol. The molecule has 1 aliphatic rings. The van der Waals surface area contributed by atoms with Crippen molar-refractivity contribution >= 4 is 22.5 Å². The Kier molecular flexibility index (Phi) is 5.10. The van der Waals surface area contributed by atoms with Crippen molar-refractivity contribution in [3.05, 3.63) is 64.8 Å². The molecule has 7 nitrogen and oxygen atoms in total. The van der Waals surface area contributed by atoms with Crippen LogP contribution in [0.15, 0.2) is 42.5 Å². The molecule has 0 spiro atoms. The number of aromatic nitrogens is 2. The SMILES string of the molecule is COc1ccc(C(=O)Nc2c3c(nn2-c2ccccc2C)CS(=O)C3)c(OC)c1. The van der Waals surface area contributed by atoms with Crippen LogP contribution in [0.25, 0.3) is 5.69 Å². The van der Waals surface area contributed by atoms with Crippen LogP contribution >= 0.6 is 0 Å². The Labute approximate surface area is 171 Å². The van der Waals surface area contributed by atoms with Gasteiger partial charge >= 0.3 is 0 Å². The highest BCUT2D eigenvalue weighted by Gasteiger charge is 2.29. The summed E-state index contributed by atoms with van der Waals surface area (Å²) in [6, 6.07) is 12.8. The van der Waals surface area contributed by atoms with E-state index in [0.717, 1.165) is 22.5 Å². The standard InChI is InChI=1S/C21H21N3O4S/c1-13-6-4-5-7-18(13)24-20(16-11-29(26)12-17(16)23-24)22-21(25)15-9-8-14(27-2)10-19(15)28-3/h4-10H,11-12H2,1-3H3,(H,22,25). The van der Waals surface area contributed by atoms with E-state index < -0.39 is 10.8 Å². The molecule has 1 aromatic heterocycles. The van der Waals surface area contributed by atoms with E-state index in [1.807, 2.05) is 31.2 Å². The molecule has 1 unspecified atom stereocenters. The molecule has 0 saturated carbocycles. The lowest BCUT2D eigenvalue weighted by Gasteiger charge is -2.14. The van der Waals surface area contributed by atoms with Gasteiger partial charge in [-0.1, -0.05) is 18.2 Å². The average molecular weight is 411 g/mol. The van der Waals surface area contributed by atoms with Crippen LogP contribution in [-0.2, 0) is 22.3 Å². The molecule has 2 aromatic carbocycles. The summed E-state index contributed by atoms with van der Waals surface area (Å²) in [7, 11) is 2.05. The van der Waals surface area contributed by atoms with Crippen molar-refractivity contribution in [2.24, 2.45) is 0 Å². The minimum Gasteiger partial charge on any atom is -0.497 e. The quantitative estimate of drug-likeness (QED) is 0.697. The fourth-order valence-corrected chi connectivity index (χ4v) is 4.66. The number of hydrogen-bond acceptors (Lipinski definition) is 5. The number of benzene rings is 2. The first-order valence-electron chi connectivity index (χ1n) is 9.07. The summed E-state index contributed by atoms with van der Waals surface area (Å²) in [5.74, 6) is 1.98. The zero-order valence-corrected chi connectivity index (χ0v) is 17.2. The van der Waals surface area contributed by atoms with Crippen LogP contribution in [0.4, 0.5) is 5.82 Å². The third-order valence-corrected chi connectivity index (χ3v) is 6.10. The fourth-order valence-electron chi connectivity index (χ4n) is 3.39. The van der Waals surface area contributed by atoms with Gasteiger partial charge in [-0.3, -0.25) is 9.00 Å². The number of fused-ring (bicyclic) bond motifs is 1. The van der Waals surface area contributed by atoms with Crippen molar-refractivity contribution in [1.29, 1.82) is 0 Å². The van der Waals surface area contributed by atoms with Gasteiger partial charge in [-0.15, -0.1) is 0 Å². The van der Waals surface area contributed by atoms with Crippen LogP contribution in [0, 0.1) is 6.92 Å². The summed E-state index contributed by atoms with van der Waals surface area (Å²) in [4.78, 5) is 13.1.